The summed E-state index contributed by atoms with van der Waals surface area (Å²) in [6.45, 7) is 0. The first kappa shape index (κ1) is 15.6. The van der Waals surface area contributed by atoms with Crippen molar-refractivity contribution >= 4 is 60.6 Å². The summed E-state index contributed by atoms with van der Waals surface area (Å²) in [7, 11) is 0. The van der Waals surface area contributed by atoms with Gasteiger partial charge in [-0.3, -0.25) is 4.79 Å². The number of hydrogen-bond donors (Lipinski definition) is 0. The Balaban J connectivity index is 2.42. The van der Waals surface area contributed by atoms with Crippen molar-refractivity contribution in [2.45, 2.75) is 5.92 Å². The van der Waals surface area contributed by atoms with Crippen LogP contribution in [0, 0.1) is 17.1 Å². The average Bonchev–Trinajstić information content (AvgIpc) is 2.73. The first-order chi connectivity index (χ1) is 9.43. The minimum Gasteiger partial charge on any atom is -0.291 e. The molecule has 2 rings (SSSR count). The van der Waals surface area contributed by atoms with Crippen molar-refractivity contribution in [1.82, 2.24) is 0 Å². The maximum atomic E-state index is 13.0. The third kappa shape index (κ3) is 3.12. The predicted molar refractivity (Wildman–Crippen MR) is 83.8 cm³/mol. The quantitative estimate of drug-likeness (QED) is 0.590. The lowest BCUT2D eigenvalue weighted by molar-refractivity contribution is 0.0982. The van der Waals surface area contributed by atoms with Crippen LogP contribution in [0.2, 0.25) is 5.02 Å². The number of carbonyl (C=O) groups is 1. The van der Waals surface area contributed by atoms with Crippen LogP contribution < -0.4 is 0 Å². The molecule has 0 spiro atoms. The molecule has 20 heavy (non-hydrogen) atoms. The van der Waals surface area contributed by atoms with Gasteiger partial charge in [-0.25, -0.2) is 4.39 Å². The lowest BCUT2D eigenvalue weighted by Crippen LogP contribution is -2.10. The zero-order chi connectivity index (χ0) is 14.9. The second kappa shape index (κ2) is 6.35. The molecule has 0 saturated heterocycles. The van der Waals surface area contributed by atoms with Crippen LogP contribution in [0.15, 0.2) is 32.5 Å². The molecule has 1 aromatic carbocycles. The van der Waals surface area contributed by atoms with Gasteiger partial charge in [0.1, 0.15) is 11.7 Å². The number of benzene rings is 1. The van der Waals surface area contributed by atoms with Gasteiger partial charge in [0, 0.05) is 9.50 Å². The molecule has 0 aliphatic heterocycles. The highest BCUT2D eigenvalue weighted by Gasteiger charge is 2.26. The van der Waals surface area contributed by atoms with E-state index in [0.717, 1.165) is 14.3 Å². The van der Waals surface area contributed by atoms with E-state index in [0.29, 0.717) is 10.4 Å². The lowest BCUT2D eigenvalue weighted by atomic mass is 9.95. The Bertz CT molecular complexity index is 706. The second-order valence-electron chi connectivity index (χ2n) is 3.82. The molecule has 0 saturated carbocycles. The Labute approximate surface area is 140 Å². The van der Waals surface area contributed by atoms with E-state index in [9.17, 15) is 14.4 Å². The van der Waals surface area contributed by atoms with Gasteiger partial charge in [-0.1, -0.05) is 17.7 Å². The number of rotatable bonds is 3. The first-order valence-electron chi connectivity index (χ1n) is 5.27. The normalized spacial score (nSPS) is 11.9. The topological polar surface area (TPSA) is 40.9 Å². The van der Waals surface area contributed by atoms with Gasteiger partial charge in [0.15, 0.2) is 5.78 Å². The van der Waals surface area contributed by atoms with Crippen molar-refractivity contribution in [3.8, 4) is 6.07 Å². The van der Waals surface area contributed by atoms with Gasteiger partial charge in [-0.05, 0) is 55.6 Å². The smallest absolute Gasteiger partial charge is 0.194 e. The molecule has 1 aromatic heterocycles. The van der Waals surface area contributed by atoms with Crippen LogP contribution in [0.3, 0.4) is 0 Å². The zero-order valence-electron chi connectivity index (χ0n) is 9.66. The first-order valence-corrected chi connectivity index (χ1v) is 8.05. The fourth-order valence-corrected chi connectivity index (χ4v) is 3.90. The molecule has 2 nitrogen and oxygen atoms in total. The number of nitrogens with zero attached hydrogens (tertiary/aromatic N) is 1. The number of ketones is 1. The number of nitriles is 1. The summed E-state index contributed by atoms with van der Waals surface area (Å²) in [4.78, 5) is 12.8. The summed E-state index contributed by atoms with van der Waals surface area (Å²) < 4.78 is 14.5. The summed E-state index contributed by atoms with van der Waals surface area (Å²) in [6.07, 6.45) is 0. The summed E-state index contributed by atoms with van der Waals surface area (Å²) in [5, 5.41) is 9.31. The van der Waals surface area contributed by atoms with Crippen molar-refractivity contribution < 1.29 is 9.18 Å². The number of Topliss-reactive ketones (excluding diaryl/α,β-unsaturated/α-hetero) is 1. The Hall–Kier alpha value is -0.740. The Morgan fingerprint density at radius 1 is 1.40 bits per heavy atom. The molecule has 0 N–H and O–H groups in total. The molecule has 0 amide bonds. The predicted octanol–water partition coefficient (Wildman–Crippen LogP) is 5.56. The zero-order valence-corrected chi connectivity index (χ0v) is 14.4. The largest absolute Gasteiger partial charge is 0.291 e. The SMILES string of the molecule is N#CC(C(=O)c1cc(Br)c(Br)s1)c1ccc(F)cc1Cl. The molecule has 0 aliphatic rings. The van der Waals surface area contributed by atoms with Crippen molar-refractivity contribution in [3.63, 3.8) is 0 Å². The molecular weight excluding hydrogens is 432 g/mol. The maximum absolute atomic E-state index is 13.0. The van der Waals surface area contributed by atoms with E-state index >= 15 is 0 Å². The van der Waals surface area contributed by atoms with E-state index in [2.05, 4.69) is 31.9 Å². The minimum atomic E-state index is -1.06. The van der Waals surface area contributed by atoms with E-state index in [4.69, 9.17) is 11.6 Å². The average molecular weight is 438 g/mol. The highest BCUT2D eigenvalue weighted by Crippen LogP contribution is 2.36. The third-order valence-corrected chi connectivity index (χ3v) is 6.15. The van der Waals surface area contributed by atoms with Gasteiger partial charge in [-0.2, -0.15) is 5.26 Å². The fourth-order valence-electron chi connectivity index (χ4n) is 1.62. The maximum Gasteiger partial charge on any atom is 0.194 e. The molecule has 1 atom stereocenters. The molecule has 102 valence electrons. The van der Waals surface area contributed by atoms with E-state index in [1.54, 1.807) is 6.07 Å². The van der Waals surface area contributed by atoms with Crippen LogP contribution in [0.5, 0.6) is 0 Å². The van der Waals surface area contributed by atoms with Crippen molar-refractivity contribution in [2.24, 2.45) is 0 Å². The molecule has 1 heterocycles. The van der Waals surface area contributed by atoms with E-state index in [1.165, 1.54) is 23.5 Å². The summed E-state index contributed by atoms with van der Waals surface area (Å²) in [6, 6.07) is 7.20. The van der Waals surface area contributed by atoms with Gasteiger partial charge >= 0.3 is 0 Å². The molecule has 7 heteroatoms. The van der Waals surface area contributed by atoms with Crippen molar-refractivity contribution in [3.05, 3.63) is 53.8 Å². The molecule has 0 aliphatic carbocycles. The highest BCUT2D eigenvalue weighted by atomic mass is 79.9. The van der Waals surface area contributed by atoms with Gasteiger partial charge in [0.25, 0.3) is 0 Å². The number of carbonyl (C=O) groups excluding carboxylic acids is 1. The lowest BCUT2D eigenvalue weighted by Gasteiger charge is -2.09. The standard InChI is InChI=1S/C13H5Br2ClFNOS/c14-9-4-11(20-13(9)15)12(19)8(5-18)7-2-1-6(17)3-10(7)16/h1-4,8H. The third-order valence-electron chi connectivity index (χ3n) is 2.55. The molecule has 0 bridgehead atoms. The number of halogens is 4. The van der Waals surface area contributed by atoms with E-state index in [-0.39, 0.29) is 10.8 Å². The van der Waals surface area contributed by atoms with Gasteiger partial charge in [-0.15, -0.1) is 11.3 Å². The fraction of sp³-hybridized carbons (Fsp3) is 0.0769. The Morgan fingerprint density at radius 2 is 2.10 bits per heavy atom. The Kier molecular flexibility index (Phi) is 4.97. The van der Waals surface area contributed by atoms with Gasteiger partial charge in [0.05, 0.1) is 14.7 Å². The summed E-state index contributed by atoms with van der Waals surface area (Å²) in [5.74, 6) is -1.93. The van der Waals surface area contributed by atoms with Crippen LogP contribution in [0.4, 0.5) is 4.39 Å². The molecule has 0 fully saturated rings. The number of hydrogen-bond acceptors (Lipinski definition) is 3. The highest BCUT2D eigenvalue weighted by molar-refractivity contribution is 9.13. The van der Waals surface area contributed by atoms with Gasteiger partial charge in [0.2, 0.25) is 0 Å². The van der Waals surface area contributed by atoms with Crippen molar-refractivity contribution in [1.29, 1.82) is 5.26 Å². The Morgan fingerprint density at radius 3 is 2.60 bits per heavy atom. The number of thiophene rings is 1. The monoisotopic (exact) mass is 435 g/mol. The molecule has 0 radical (unpaired) electrons. The van der Waals surface area contributed by atoms with E-state index in [1.807, 2.05) is 6.07 Å². The molecule has 2 aromatic rings. The van der Waals surface area contributed by atoms with Gasteiger partial charge < -0.3 is 0 Å². The molecule has 1 unspecified atom stereocenters. The van der Waals surface area contributed by atoms with E-state index < -0.39 is 11.7 Å². The van der Waals surface area contributed by atoms with Crippen molar-refractivity contribution in [2.75, 3.05) is 0 Å². The van der Waals surface area contributed by atoms with Crippen LogP contribution in [0.1, 0.15) is 21.2 Å². The van der Waals surface area contributed by atoms with Crippen LogP contribution in [-0.4, -0.2) is 5.78 Å². The van der Waals surface area contributed by atoms with Crippen LogP contribution in [-0.2, 0) is 0 Å². The summed E-state index contributed by atoms with van der Waals surface area (Å²) >= 11 is 13.7. The second-order valence-corrected chi connectivity index (χ2v) is 7.46. The van der Waals surface area contributed by atoms with Crippen LogP contribution >= 0.6 is 54.8 Å². The van der Waals surface area contributed by atoms with Crippen LogP contribution in [0.25, 0.3) is 0 Å². The summed E-state index contributed by atoms with van der Waals surface area (Å²) in [5.41, 5.74) is 0.307. The molecular formula is C13H5Br2ClFNOS. The minimum absolute atomic E-state index is 0.0691.